The summed E-state index contributed by atoms with van der Waals surface area (Å²) < 4.78 is 0. The van der Waals surface area contributed by atoms with E-state index in [4.69, 9.17) is 0 Å². The standard InChI is InChI=1S/C9H14NO2.C6H5.Y/c1-2-4-9(12)10-7-5-3-6-8(7)11;1-2-4-6-5-3-1;/h7H,1-6H2,(H,10,12);1-5H;/q2*-1;. The number of hydrogen-bond acceptors (Lipinski definition) is 2. The number of hydrogen-bond donors (Lipinski definition) is 1. The van der Waals surface area contributed by atoms with Gasteiger partial charge in [-0.3, -0.25) is 9.59 Å². The molecule has 0 aliphatic heterocycles. The van der Waals surface area contributed by atoms with Crippen molar-refractivity contribution in [3.05, 3.63) is 43.3 Å². The fraction of sp³-hybridized carbons (Fsp3) is 0.400. The van der Waals surface area contributed by atoms with Crippen LogP contribution in [0.3, 0.4) is 0 Å². The van der Waals surface area contributed by atoms with Crippen LogP contribution in [-0.4, -0.2) is 17.7 Å². The van der Waals surface area contributed by atoms with Crippen LogP contribution >= 0.6 is 0 Å². The van der Waals surface area contributed by atoms with Crippen LogP contribution < -0.4 is 5.32 Å². The Labute approximate surface area is 140 Å². The second-order valence-corrected chi connectivity index (χ2v) is 4.16. The summed E-state index contributed by atoms with van der Waals surface area (Å²) in [4.78, 5) is 22.1. The summed E-state index contributed by atoms with van der Waals surface area (Å²) in [6, 6.07) is 12.3. The maximum absolute atomic E-state index is 11.1. The number of Topliss-reactive ketones (excluding diaryl/α,β-unsaturated/α-hetero) is 1. The molecule has 19 heavy (non-hydrogen) atoms. The van der Waals surface area contributed by atoms with Gasteiger partial charge in [0.25, 0.3) is 0 Å². The van der Waals surface area contributed by atoms with E-state index in [9.17, 15) is 9.59 Å². The smallest absolute Gasteiger partial charge is 0.217 e. The molecule has 101 valence electrons. The van der Waals surface area contributed by atoms with E-state index >= 15 is 0 Å². The van der Waals surface area contributed by atoms with E-state index in [1.165, 1.54) is 0 Å². The fourth-order valence-corrected chi connectivity index (χ4v) is 1.74. The van der Waals surface area contributed by atoms with Gasteiger partial charge in [-0.15, -0.1) is 0 Å². The van der Waals surface area contributed by atoms with Crippen LogP contribution in [-0.2, 0) is 42.3 Å². The molecule has 4 heteroatoms. The molecule has 1 aliphatic carbocycles. The molecule has 0 heterocycles. The van der Waals surface area contributed by atoms with Gasteiger partial charge < -0.3 is 12.2 Å². The molecule has 1 aromatic rings. The normalized spacial score (nSPS) is 16.9. The van der Waals surface area contributed by atoms with Crippen molar-refractivity contribution in [2.45, 2.75) is 38.1 Å². The molecule has 0 aromatic heterocycles. The summed E-state index contributed by atoms with van der Waals surface area (Å²) in [5.41, 5.74) is 0. The molecule has 1 fully saturated rings. The zero-order valence-electron chi connectivity index (χ0n) is 11.1. The SMILES string of the molecule is [CH2-]CCC(=O)NC1CCCC1=O.[Y].[c-]1ccccc1. The van der Waals surface area contributed by atoms with Gasteiger partial charge in [-0.2, -0.15) is 42.8 Å². The van der Waals surface area contributed by atoms with Gasteiger partial charge in [-0.05, 0) is 19.3 Å². The number of carbonyl (C=O) groups is 2. The minimum Gasteiger partial charge on any atom is -0.346 e. The van der Waals surface area contributed by atoms with Gasteiger partial charge in [0.05, 0.1) is 6.04 Å². The van der Waals surface area contributed by atoms with Crippen LogP contribution in [0.5, 0.6) is 0 Å². The Morgan fingerprint density at radius 2 is 2.05 bits per heavy atom. The van der Waals surface area contributed by atoms with Crippen molar-refractivity contribution < 1.29 is 42.3 Å². The van der Waals surface area contributed by atoms with E-state index in [2.05, 4.69) is 18.3 Å². The predicted molar refractivity (Wildman–Crippen MR) is 70.7 cm³/mol. The van der Waals surface area contributed by atoms with Gasteiger partial charge in [0.15, 0.2) is 5.78 Å². The molecule has 1 N–H and O–H groups in total. The van der Waals surface area contributed by atoms with Crippen LogP contribution in [0.15, 0.2) is 30.3 Å². The third kappa shape index (κ3) is 8.28. The summed E-state index contributed by atoms with van der Waals surface area (Å²) in [7, 11) is 0. The number of benzene rings is 1. The quantitative estimate of drug-likeness (QED) is 0.863. The van der Waals surface area contributed by atoms with E-state index < -0.39 is 0 Å². The molecule has 1 amide bonds. The van der Waals surface area contributed by atoms with Crippen LogP contribution in [0.25, 0.3) is 0 Å². The Hall–Kier alpha value is -0.536. The molecule has 0 bridgehead atoms. The Balaban J connectivity index is 0.000000392. The zero-order chi connectivity index (χ0) is 13.2. The molecular formula is C15H19NO2Y-2. The molecule has 2 rings (SSSR count). The van der Waals surface area contributed by atoms with E-state index in [-0.39, 0.29) is 50.4 Å². The molecule has 1 aromatic carbocycles. The van der Waals surface area contributed by atoms with Gasteiger partial charge in [-0.25, -0.2) is 0 Å². The Morgan fingerprint density at radius 1 is 1.37 bits per heavy atom. The van der Waals surface area contributed by atoms with E-state index in [1.54, 1.807) is 0 Å². The first kappa shape index (κ1) is 18.5. The minimum atomic E-state index is -0.205. The number of amides is 1. The molecule has 1 saturated carbocycles. The first-order valence-electron chi connectivity index (χ1n) is 6.26. The summed E-state index contributed by atoms with van der Waals surface area (Å²) in [5, 5.41) is 2.70. The van der Waals surface area contributed by atoms with Crippen LogP contribution in [0.1, 0.15) is 32.1 Å². The Kier molecular flexibility index (Phi) is 11.0. The van der Waals surface area contributed by atoms with Crippen LogP contribution in [0.2, 0.25) is 0 Å². The topological polar surface area (TPSA) is 46.2 Å². The third-order valence-electron chi connectivity index (χ3n) is 2.65. The van der Waals surface area contributed by atoms with Crippen molar-refractivity contribution in [2.75, 3.05) is 0 Å². The first-order chi connectivity index (χ1) is 8.74. The molecule has 1 aliphatic rings. The van der Waals surface area contributed by atoms with Gasteiger partial charge >= 0.3 is 0 Å². The van der Waals surface area contributed by atoms with Crippen molar-refractivity contribution in [3.8, 4) is 0 Å². The molecule has 0 saturated heterocycles. The predicted octanol–water partition coefficient (Wildman–Crippen LogP) is 2.32. The second kappa shape index (κ2) is 11.3. The molecule has 0 spiro atoms. The van der Waals surface area contributed by atoms with Crippen LogP contribution in [0.4, 0.5) is 0 Å². The van der Waals surface area contributed by atoms with Crippen molar-refractivity contribution in [2.24, 2.45) is 0 Å². The average Bonchev–Trinajstić information content (AvgIpc) is 2.78. The fourth-order valence-electron chi connectivity index (χ4n) is 1.74. The van der Waals surface area contributed by atoms with Crippen molar-refractivity contribution in [1.82, 2.24) is 5.32 Å². The number of carbonyl (C=O) groups excluding carboxylic acids is 2. The van der Waals surface area contributed by atoms with E-state index in [0.717, 1.165) is 12.8 Å². The van der Waals surface area contributed by atoms with Gasteiger partial charge in [0.1, 0.15) is 0 Å². The monoisotopic (exact) mass is 334 g/mol. The molecule has 1 radical (unpaired) electrons. The van der Waals surface area contributed by atoms with Gasteiger partial charge in [0, 0.05) is 39.1 Å². The minimum absolute atomic E-state index is 0. The van der Waals surface area contributed by atoms with Crippen molar-refractivity contribution in [3.63, 3.8) is 0 Å². The third-order valence-corrected chi connectivity index (χ3v) is 2.65. The molecule has 3 nitrogen and oxygen atoms in total. The Bertz CT molecular complexity index is 341. The maximum Gasteiger partial charge on any atom is 0.217 e. The largest absolute Gasteiger partial charge is 0.346 e. The van der Waals surface area contributed by atoms with E-state index in [0.29, 0.717) is 19.3 Å². The zero-order valence-corrected chi connectivity index (χ0v) is 13.9. The van der Waals surface area contributed by atoms with Crippen LogP contribution in [0, 0.1) is 13.0 Å². The molecule has 1 unspecified atom stereocenters. The summed E-state index contributed by atoms with van der Waals surface area (Å²) in [6.07, 6.45) is 3.35. The van der Waals surface area contributed by atoms with Crippen molar-refractivity contribution >= 4 is 11.7 Å². The van der Waals surface area contributed by atoms with E-state index in [1.807, 2.05) is 30.3 Å². The number of nitrogens with one attached hydrogen (secondary N) is 1. The van der Waals surface area contributed by atoms with Gasteiger partial charge in [0.2, 0.25) is 5.91 Å². The summed E-state index contributed by atoms with van der Waals surface area (Å²) in [5.74, 6) is 0.123. The maximum atomic E-state index is 11.1. The summed E-state index contributed by atoms with van der Waals surface area (Å²) >= 11 is 0. The second-order valence-electron chi connectivity index (χ2n) is 4.16. The van der Waals surface area contributed by atoms with Gasteiger partial charge in [-0.1, -0.05) is 0 Å². The van der Waals surface area contributed by atoms with Crippen molar-refractivity contribution in [1.29, 1.82) is 0 Å². The number of rotatable bonds is 3. The first-order valence-corrected chi connectivity index (χ1v) is 6.26. The average molecular weight is 334 g/mol. The number of ketones is 1. The summed E-state index contributed by atoms with van der Waals surface area (Å²) in [6.45, 7) is 3.57. The molecule has 1 atom stereocenters. The molecular weight excluding hydrogens is 315 g/mol. The Morgan fingerprint density at radius 3 is 2.42 bits per heavy atom.